The molecule has 0 fully saturated rings. The summed E-state index contributed by atoms with van der Waals surface area (Å²) < 4.78 is 14.9. The van der Waals surface area contributed by atoms with Gasteiger partial charge in [0.05, 0.1) is 23.5 Å². The first kappa shape index (κ1) is 12.1. The number of benzene rings is 1. The molecule has 1 aromatic heterocycles. The van der Waals surface area contributed by atoms with Crippen LogP contribution in [0.3, 0.4) is 0 Å². The van der Waals surface area contributed by atoms with E-state index in [-0.39, 0.29) is 11.6 Å². The summed E-state index contributed by atoms with van der Waals surface area (Å²) in [6, 6.07) is 4.55. The van der Waals surface area contributed by atoms with Gasteiger partial charge in [-0.15, -0.1) is 0 Å². The molecule has 0 aliphatic heterocycles. The summed E-state index contributed by atoms with van der Waals surface area (Å²) >= 11 is 5.74. The van der Waals surface area contributed by atoms with Crippen molar-refractivity contribution in [2.75, 3.05) is 6.61 Å². The van der Waals surface area contributed by atoms with E-state index in [0.29, 0.717) is 6.42 Å². The number of aromatic nitrogens is 2. The molecule has 90 valence electrons. The fraction of sp³-hybridized carbons (Fsp3) is 0.250. The fourth-order valence-corrected chi connectivity index (χ4v) is 1.88. The van der Waals surface area contributed by atoms with Gasteiger partial charge in [-0.1, -0.05) is 11.6 Å². The van der Waals surface area contributed by atoms with Crippen LogP contribution in [0.25, 0.3) is 11.3 Å². The monoisotopic (exact) mass is 254 g/mol. The quantitative estimate of drug-likeness (QED) is 0.914. The van der Waals surface area contributed by atoms with Gasteiger partial charge in [-0.05, 0) is 18.2 Å². The maximum Gasteiger partial charge on any atom is 0.141 e. The third-order valence-corrected chi connectivity index (χ3v) is 2.92. The van der Waals surface area contributed by atoms with Crippen LogP contribution in [0.15, 0.2) is 24.4 Å². The Kier molecular flexibility index (Phi) is 3.45. The molecule has 1 heterocycles. The molecule has 0 unspecified atom stereocenters. The molecule has 0 aliphatic rings. The van der Waals surface area contributed by atoms with Gasteiger partial charge in [0.1, 0.15) is 11.6 Å². The lowest BCUT2D eigenvalue weighted by Crippen LogP contribution is -2.02. The Morgan fingerprint density at radius 1 is 1.47 bits per heavy atom. The highest BCUT2D eigenvalue weighted by molar-refractivity contribution is 6.31. The second-order valence-corrected chi connectivity index (χ2v) is 4.13. The number of hydrogen-bond donors (Lipinski definition) is 1. The van der Waals surface area contributed by atoms with Crippen LogP contribution in [0, 0.1) is 5.82 Å². The van der Waals surface area contributed by atoms with Crippen molar-refractivity contribution >= 4 is 11.6 Å². The van der Waals surface area contributed by atoms with Gasteiger partial charge >= 0.3 is 0 Å². The summed E-state index contributed by atoms with van der Waals surface area (Å²) in [7, 11) is 1.85. The van der Waals surface area contributed by atoms with Crippen molar-refractivity contribution in [2.24, 2.45) is 7.05 Å². The first-order valence-electron chi connectivity index (χ1n) is 5.20. The second kappa shape index (κ2) is 4.85. The molecule has 17 heavy (non-hydrogen) atoms. The predicted octanol–water partition coefficient (Wildman–Crippen LogP) is 2.41. The Morgan fingerprint density at radius 3 is 2.88 bits per heavy atom. The molecule has 1 N–H and O–H groups in total. The van der Waals surface area contributed by atoms with Crippen molar-refractivity contribution in [1.29, 1.82) is 0 Å². The largest absolute Gasteiger partial charge is 0.396 e. The lowest BCUT2D eigenvalue weighted by atomic mass is 10.1. The molecule has 0 atom stereocenters. The maximum absolute atomic E-state index is 13.1. The minimum atomic E-state index is -0.437. The molecule has 0 radical (unpaired) electrons. The minimum Gasteiger partial charge on any atom is -0.396 e. The summed E-state index contributed by atoms with van der Waals surface area (Å²) in [5, 5.41) is 8.97. The summed E-state index contributed by atoms with van der Waals surface area (Å²) in [6.07, 6.45) is 2.18. The van der Waals surface area contributed by atoms with E-state index >= 15 is 0 Å². The normalized spacial score (nSPS) is 10.8. The molecule has 3 nitrogen and oxygen atoms in total. The van der Waals surface area contributed by atoms with Gasteiger partial charge in [0, 0.05) is 19.0 Å². The van der Waals surface area contributed by atoms with Crippen LogP contribution in [0.2, 0.25) is 5.02 Å². The van der Waals surface area contributed by atoms with Crippen LogP contribution < -0.4 is 0 Å². The number of rotatable bonds is 3. The Labute approximate surface area is 103 Å². The molecule has 0 amide bonds. The van der Waals surface area contributed by atoms with Gasteiger partial charge < -0.3 is 9.67 Å². The van der Waals surface area contributed by atoms with E-state index in [1.54, 1.807) is 18.3 Å². The van der Waals surface area contributed by atoms with E-state index < -0.39 is 5.82 Å². The number of nitrogens with zero attached hydrogens (tertiary/aromatic N) is 2. The molecule has 2 rings (SSSR count). The van der Waals surface area contributed by atoms with E-state index in [2.05, 4.69) is 4.98 Å². The van der Waals surface area contributed by atoms with Crippen LogP contribution in [-0.2, 0) is 13.5 Å². The number of hydrogen-bond acceptors (Lipinski definition) is 2. The average molecular weight is 255 g/mol. The molecule has 0 spiro atoms. The van der Waals surface area contributed by atoms with Crippen LogP contribution in [0.4, 0.5) is 4.39 Å². The highest BCUT2D eigenvalue weighted by atomic mass is 35.5. The molecule has 0 bridgehead atoms. The fourth-order valence-electron chi connectivity index (χ4n) is 1.70. The van der Waals surface area contributed by atoms with Crippen LogP contribution in [0.5, 0.6) is 0 Å². The summed E-state index contributed by atoms with van der Waals surface area (Å²) in [4.78, 5) is 4.20. The van der Waals surface area contributed by atoms with Crippen molar-refractivity contribution < 1.29 is 9.50 Å². The van der Waals surface area contributed by atoms with Crippen molar-refractivity contribution in [3.63, 3.8) is 0 Å². The van der Waals surface area contributed by atoms with Crippen molar-refractivity contribution in [3.05, 3.63) is 41.1 Å². The summed E-state index contributed by atoms with van der Waals surface area (Å²) in [5.74, 6) is 0.344. The lowest BCUT2D eigenvalue weighted by Gasteiger charge is -2.06. The molecular formula is C12H12ClFN2O. The molecule has 0 saturated carbocycles. The number of halogens is 2. The van der Waals surface area contributed by atoms with Gasteiger partial charge in [-0.2, -0.15) is 0 Å². The van der Waals surface area contributed by atoms with Crippen molar-refractivity contribution in [1.82, 2.24) is 9.55 Å². The van der Waals surface area contributed by atoms with Gasteiger partial charge in [-0.3, -0.25) is 0 Å². The maximum atomic E-state index is 13.1. The first-order chi connectivity index (χ1) is 8.13. The van der Waals surface area contributed by atoms with Crippen LogP contribution in [0.1, 0.15) is 5.82 Å². The predicted molar refractivity (Wildman–Crippen MR) is 64.4 cm³/mol. The van der Waals surface area contributed by atoms with E-state index in [0.717, 1.165) is 17.1 Å². The molecule has 0 saturated heterocycles. The Hall–Kier alpha value is -1.39. The summed E-state index contributed by atoms with van der Waals surface area (Å²) in [6.45, 7) is 0.0501. The number of aliphatic hydroxyl groups excluding tert-OH is 1. The van der Waals surface area contributed by atoms with Crippen molar-refractivity contribution in [3.8, 4) is 11.3 Å². The van der Waals surface area contributed by atoms with Crippen LogP contribution >= 0.6 is 11.6 Å². The van der Waals surface area contributed by atoms with Crippen molar-refractivity contribution in [2.45, 2.75) is 6.42 Å². The van der Waals surface area contributed by atoms with Crippen LogP contribution in [-0.4, -0.2) is 21.3 Å². The minimum absolute atomic E-state index is 0.0501. The molecule has 2 aromatic rings. The Bertz CT molecular complexity index is 539. The molecule has 0 aliphatic carbocycles. The zero-order chi connectivity index (χ0) is 12.4. The smallest absolute Gasteiger partial charge is 0.141 e. The SMILES string of the molecule is Cn1c(-c2ccc(F)c(Cl)c2)cnc1CCO. The van der Waals surface area contributed by atoms with Gasteiger partial charge in [0.25, 0.3) is 0 Å². The Morgan fingerprint density at radius 2 is 2.24 bits per heavy atom. The highest BCUT2D eigenvalue weighted by Crippen LogP contribution is 2.25. The standard InChI is InChI=1S/C12H12ClFN2O/c1-16-11(7-15-12(16)4-5-17)8-2-3-10(14)9(13)6-8/h2-3,6-7,17H,4-5H2,1H3. The molecular weight excluding hydrogens is 243 g/mol. The zero-order valence-corrected chi connectivity index (χ0v) is 10.1. The zero-order valence-electron chi connectivity index (χ0n) is 9.32. The van der Waals surface area contributed by atoms with Gasteiger partial charge in [0.2, 0.25) is 0 Å². The lowest BCUT2D eigenvalue weighted by molar-refractivity contribution is 0.295. The van der Waals surface area contributed by atoms with E-state index in [1.807, 2.05) is 11.6 Å². The average Bonchev–Trinajstić information content (AvgIpc) is 2.66. The third kappa shape index (κ3) is 2.33. The second-order valence-electron chi connectivity index (χ2n) is 3.72. The number of imidazole rings is 1. The molecule has 5 heteroatoms. The van der Waals surface area contributed by atoms with Gasteiger partial charge in [-0.25, -0.2) is 9.37 Å². The Balaban J connectivity index is 2.42. The third-order valence-electron chi connectivity index (χ3n) is 2.64. The highest BCUT2D eigenvalue weighted by Gasteiger charge is 2.09. The number of aliphatic hydroxyl groups is 1. The molecule has 1 aromatic carbocycles. The summed E-state index contributed by atoms with van der Waals surface area (Å²) in [5.41, 5.74) is 1.64. The van der Waals surface area contributed by atoms with E-state index in [9.17, 15) is 4.39 Å². The van der Waals surface area contributed by atoms with E-state index in [4.69, 9.17) is 16.7 Å². The van der Waals surface area contributed by atoms with E-state index in [1.165, 1.54) is 6.07 Å². The topological polar surface area (TPSA) is 38.0 Å². The first-order valence-corrected chi connectivity index (χ1v) is 5.58. The van der Waals surface area contributed by atoms with Gasteiger partial charge in [0.15, 0.2) is 0 Å².